The third kappa shape index (κ3) is 6.50. The summed E-state index contributed by atoms with van der Waals surface area (Å²) in [6.45, 7) is 13.7. The Bertz CT molecular complexity index is 1120. The van der Waals surface area contributed by atoms with Crippen LogP contribution in [0.1, 0.15) is 73.9 Å². The molecule has 1 aromatic carbocycles. The molecule has 0 spiro atoms. The lowest BCUT2D eigenvalue weighted by molar-refractivity contribution is 0.0944. The van der Waals surface area contributed by atoms with Crippen molar-refractivity contribution in [1.82, 2.24) is 15.1 Å². The average Bonchev–Trinajstić information content (AvgIpc) is 3.43. The van der Waals surface area contributed by atoms with Crippen LogP contribution in [0.2, 0.25) is 0 Å². The quantitative estimate of drug-likeness (QED) is 0.462. The maximum atomic E-state index is 12.8. The predicted molar refractivity (Wildman–Crippen MR) is 131 cm³/mol. The number of nitrogens with zero attached hydrogens (tertiary/aromatic N) is 2. The van der Waals surface area contributed by atoms with Gasteiger partial charge >= 0.3 is 0 Å². The largest absolute Gasteiger partial charge is 0.486 e. The molecule has 0 radical (unpaired) electrons. The predicted octanol–water partition coefficient (Wildman–Crippen LogP) is 5.01. The Balaban J connectivity index is 1.63. The normalized spacial score (nSPS) is 11.5. The van der Waals surface area contributed by atoms with Crippen LogP contribution < -0.4 is 15.4 Å². The first-order valence-electron chi connectivity index (χ1n) is 11.6. The zero-order chi connectivity index (χ0) is 24.9. The summed E-state index contributed by atoms with van der Waals surface area (Å²) < 4.78 is 13.1. The lowest BCUT2D eigenvalue weighted by atomic mass is 9.87. The second kappa shape index (κ2) is 10.6. The summed E-state index contributed by atoms with van der Waals surface area (Å²) in [5, 5.41) is 9.85. The maximum Gasteiger partial charge on any atom is 0.291 e. The number of hydrogen-bond donors (Lipinski definition) is 2. The van der Waals surface area contributed by atoms with Crippen LogP contribution in [0.5, 0.6) is 5.75 Å². The molecule has 0 saturated carbocycles. The Labute approximate surface area is 200 Å². The first-order valence-corrected chi connectivity index (χ1v) is 11.6. The smallest absolute Gasteiger partial charge is 0.291 e. The molecule has 2 heterocycles. The van der Waals surface area contributed by atoms with Crippen molar-refractivity contribution in [2.75, 3.05) is 11.9 Å². The fourth-order valence-corrected chi connectivity index (χ4v) is 3.19. The van der Waals surface area contributed by atoms with Gasteiger partial charge in [0.2, 0.25) is 0 Å². The molecule has 0 fully saturated rings. The second-order valence-electron chi connectivity index (χ2n) is 9.63. The molecule has 0 unspecified atom stereocenters. The van der Waals surface area contributed by atoms with Gasteiger partial charge in [0.1, 0.15) is 18.1 Å². The van der Waals surface area contributed by atoms with Crippen molar-refractivity contribution in [1.29, 1.82) is 0 Å². The summed E-state index contributed by atoms with van der Waals surface area (Å²) in [6.07, 6.45) is 1.64. The highest BCUT2D eigenvalue weighted by Crippen LogP contribution is 2.25. The van der Waals surface area contributed by atoms with E-state index < -0.39 is 5.91 Å². The van der Waals surface area contributed by atoms with E-state index in [0.717, 1.165) is 5.75 Å². The number of carbonyl (C=O) groups is 2. The fourth-order valence-electron chi connectivity index (χ4n) is 3.19. The van der Waals surface area contributed by atoms with Crippen molar-refractivity contribution < 1.29 is 18.7 Å². The van der Waals surface area contributed by atoms with Crippen molar-refractivity contribution in [3.8, 4) is 5.75 Å². The summed E-state index contributed by atoms with van der Waals surface area (Å²) in [4.78, 5) is 25.3. The molecule has 8 heteroatoms. The van der Waals surface area contributed by atoms with Crippen LogP contribution in [-0.4, -0.2) is 28.1 Å². The van der Waals surface area contributed by atoms with Crippen molar-refractivity contribution in [2.24, 2.45) is 5.92 Å². The summed E-state index contributed by atoms with van der Waals surface area (Å²) in [5.41, 5.74) is 1.80. The monoisotopic (exact) mass is 466 g/mol. The second-order valence-corrected chi connectivity index (χ2v) is 9.63. The maximum absolute atomic E-state index is 12.8. The first-order chi connectivity index (χ1) is 16.1. The third-order valence-corrected chi connectivity index (χ3v) is 5.21. The van der Waals surface area contributed by atoms with Gasteiger partial charge in [-0.05, 0) is 48.1 Å². The molecule has 0 aliphatic carbocycles. The van der Waals surface area contributed by atoms with Gasteiger partial charge in [-0.3, -0.25) is 14.3 Å². The summed E-state index contributed by atoms with van der Waals surface area (Å²) in [7, 11) is 0. The number of carbonyl (C=O) groups excluding carboxylic acids is 2. The van der Waals surface area contributed by atoms with Gasteiger partial charge in [0, 0.05) is 19.3 Å². The van der Waals surface area contributed by atoms with E-state index in [0.29, 0.717) is 30.5 Å². The number of rotatable bonds is 9. The molecule has 34 heavy (non-hydrogen) atoms. The van der Waals surface area contributed by atoms with Gasteiger partial charge in [-0.2, -0.15) is 5.10 Å². The number of anilines is 1. The molecular formula is C26H34N4O4. The van der Waals surface area contributed by atoms with Crippen LogP contribution in [0.15, 0.2) is 47.0 Å². The van der Waals surface area contributed by atoms with Crippen molar-refractivity contribution >= 4 is 17.5 Å². The Morgan fingerprint density at radius 2 is 1.79 bits per heavy atom. The van der Waals surface area contributed by atoms with Crippen molar-refractivity contribution in [2.45, 2.75) is 60.1 Å². The SMILES string of the molecule is CCn1cc(NC(=O)c2ccc(COc3ccc(C(C)(C)C)cc3)o2)c(C(=O)NCC(C)C)n1. The lowest BCUT2D eigenvalue weighted by Crippen LogP contribution is -2.28. The van der Waals surface area contributed by atoms with Gasteiger partial charge in [-0.15, -0.1) is 0 Å². The van der Waals surface area contributed by atoms with Gasteiger partial charge < -0.3 is 19.8 Å². The number of amides is 2. The van der Waals surface area contributed by atoms with E-state index in [9.17, 15) is 9.59 Å². The molecular weight excluding hydrogens is 432 g/mol. The zero-order valence-electron chi connectivity index (χ0n) is 20.8. The molecule has 0 saturated heterocycles. The molecule has 0 bridgehead atoms. The Morgan fingerprint density at radius 1 is 1.09 bits per heavy atom. The molecule has 2 amide bonds. The van der Waals surface area contributed by atoms with E-state index >= 15 is 0 Å². The third-order valence-electron chi connectivity index (χ3n) is 5.21. The Morgan fingerprint density at radius 3 is 2.41 bits per heavy atom. The molecule has 8 nitrogen and oxygen atoms in total. The minimum Gasteiger partial charge on any atom is -0.486 e. The van der Waals surface area contributed by atoms with Gasteiger partial charge in [-0.25, -0.2) is 0 Å². The van der Waals surface area contributed by atoms with E-state index in [2.05, 4.69) is 36.5 Å². The standard InChI is InChI=1S/C26H34N4O4/c1-7-30-15-21(23(29-30)25(32)27-14-17(2)3)28-24(31)22-13-12-20(34-22)16-33-19-10-8-18(9-11-19)26(4,5)6/h8-13,15,17H,7,14,16H2,1-6H3,(H,27,32)(H,28,31). The molecule has 0 aliphatic rings. The number of nitrogens with one attached hydrogen (secondary N) is 2. The highest BCUT2D eigenvalue weighted by molar-refractivity contribution is 6.07. The number of ether oxygens (including phenoxy) is 1. The van der Waals surface area contributed by atoms with Crippen LogP contribution in [-0.2, 0) is 18.6 Å². The van der Waals surface area contributed by atoms with Crippen LogP contribution in [0.25, 0.3) is 0 Å². The molecule has 182 valence electrons. The minimum atomic E-state index is -0.464. The molecule has 0 aliphatic heterocycles. The van der Waals surface area contributed by atoms with Crippen molar-refractivity contribution in [3.05, 3.63) is 65.4 Å². The van der Waals surface area contributed by atoms with Gasteiger partial charge in [0.15, 0.2) is 11.5 Å². The van der Waals surface area contributed by atoms with E-state index in [4.69, 9.17) is 9.15 Å². The summed E-state index contributed by atoms with van der Waals surface area (Å²) in [5.74, 6) is 0.870. The highest BCUT2D eigenvalue weighted by Gasteiger charge is 2.21. The number of hydrogen-bond acceptors (Lipinski definition) is 5. The first kappa shape index (κ1) is 25.1. The van der Waals surface area contributed by atoms with Gasteiger partial charge in [0.05, 0.1) is 5.69 Å². The van der Waals surface area contributed by atoms with Gasteiger partial charge in [0.25, 0.3) is 11.8 Å². The number of furan rings is 1. The molecule has 3 aromatic rings. The van der Waals surface area contributed by atoms with Crippen LogP contribution in [0.4, 0.5) is 5.69 Å². The van der Waals surface area contributed by atoms with Crippen LogP contribution >= 0.6 is 0 Å². The molecule has 2 aromatic heterocycles. The number of benzene rings is 1. The summed E-state index contributed by atoms with van der Waals surface area (Å²) in [6, 6.07) is 11.2. The van der Waals surface area contributed by atoms with Crippen LogP contribution in [0, 0.1) is 5.92 Å². The molecule has 0 atom stereocenters. The van der Waals surface area contributed by atoms with Crippen molar-refractivity contribution in [3.63, 3.8) is 0 Å². The van der Waals surface area contributed by atoms with E-state index in [1.165, 1.54) is 5.56 Å². The zero-order valence-corrected chi connectivity index (χ0v) is 20.8. The van der Waals surface area contributed by atoms with E-state index in [1.807, 2.05) is 45.0 Å². The number of aryl methyl sites for hydroxylation is 1. The van der Waals surface area contributed by atoms with E-state index in [1.54, 1.807) is 23.0 Å². The Kier molecular flexibility index (Phi) is 7.81. The lowest BCUT2D eigenvalue weighted by Gasteiger charge is -2.19. The van der Waals surface area contributed by atoms with E-state index in [-0.39, 0.29) is 29.4 Å². The minimum absolute atomic E-state index is 0.0738. The molecule has 3 rings (SSSR count). The topological polar surface area (TPSA) is 98.4 Å². The van der Waals surface area contributed by atoms with Crippen LogP contribution in [0.3, 0.4) is 0 Å². The average molecular weight is 467 g/mol. The molecule has 2 N–H and O–H groups in total. The number of aromatic nitrogens is 2. The fraction of sp³-hybridized carbons (Fsp3) is 0.423. The Hall–Kier alpha value is -3.55. The highest BCUT2D eigenvalue weighted by atomic mass is 16.5. The van der Waals surface area contributed by atoms with Gasteiger partial charge in [-0.1, -0.05) is 46.8 Å². The summed E-state index contributed by atoms with van der Waals surface area (Å²) >= 11 is 0.